The van der Waals surface area contributed by atoms with Crippen LogP contribution in [0.3, 0.4) is 0 Å². The summed E-state index contributed by atoms with van der Waals surface area (Å²) in [5, 5.41) is 0. The van der Waals surface area contributed by atoms with Gasteiger partial charge in [0.25, 0.3) is 0 Å². The summed E-state index contributed by atoms with van der Waals surface area (Å²) in [5.41, 5.74) is 7.74. The van der Waals surface area contributed by atoms with Crippen LogP contribution in [0.15, 0.2) is 24.3 Å². The minimum Gasteiger partial charge on any atom is -0.368 e. The van der Waals surface area contributed by atoms with E-state index in [4.69, 9.17) is 5.73 Å². The molecule has 0 radical (unpaired) electrons. The quantitative estimate of drug-likeness (QED) is 0.835. The number of anilines is 1. The number of likely N-dealkylation sites (N-methyl/N-ethyl adjacent to an activating group) is 1. The maximum Gasteiger partial charge on any atom is 0.159 e. The van der Waals surface area contributed by atoms with Crippen LogP contribution in [0.4, 0.5) is 5.69 Å². The highest BCUT2D eigenvalue weighted by Gasteiger charge is 2.28. The summed E-state index contributed by atoms with van der Waals surface area (Å²) in [7, 11) is 2.13. The number of hydrogen-bond acceptors (Lipinski definition) is 4. The molecule has 1 aliphatic heterocycles. The molecular formula is C15H23N3O. The molecule has 0 saturated carbocycles. The Morgan fingerprint density at radius 2 is 2.16 bits per heavy atom. The van der Waals surface area contributed by atoms with Gasteiger partial charge in [-0.15, -0.1) is 0 Å². The van der Waals surface area contributed by atoms with Crippen molar-refractivity contribution in [3.63, 3.8) is 0 Å². The van der Waals surface area contributed by atoms with Gasteiger partial charge in [-0.2, -0.15) is 0 Å². The standard InChI is InChI=1S/C15H23N3O/c1-11-9-18(10-15(8-16)17(11)3)14-6-4-5-13(7-14)12(2)19/h4-7,11,15H,8-10,16H2,1-3H3. The molecule has 0 aromatic heterocycles. The molecule has 19 heavy (non-hydrogen) atoms. The van der Waals surface area contributed by atoms with Crippen LogP contribution in [0, 0.1) is 0 Å². The fraction of sp³-hybridized carbons (Fsp3) is 0.533. The lowest BCUT2D eigenvalue weighted by Crippen LogP contribution is -2.58. The van der Waals surface area contributed by atoms with Crippen LogP contribution in [0.5, 0.6) is 0 Å². The zero-order chi connectivity index (χ0) is 14.0. The van der Waals surface area contributed by atoms with E-state index in [9.17, 15) is 4.79 Å². The molecule has 1 aromatic carbocycles. The van der Waals surface area contributed by atoms with Crippen LogP contribution >= 0.6 is 0 Å². The lowest BCUT2D eigenvalue weighted by atomic mass is 10.1. The summed E-state index contributed by atoms with van der Waals surface area (Å²) >= 11 is 0. The highest BCUT2D eigenvalue weighted by molar-refractivity contribution is 5.95. The molecule has 104 valence electrons. The van der Waals surface area contributed by atoms with Crippen molar-refractivity contribution in [1.82, 2.24) is 4.90 Å². The van der Waals surface area contributed by atoms with Gasteiger partial charge in [0, 0.05) is 43.0 Å². The van der Waals surface area contributed by atoms with Crippen molar-refractivity contribution in [3.05, 3.63) is 29.8 Å². The monoisotopic (exact) mass is 261 g/mol. The van der Waals surface area contributed by atoms with Gasteiger partial charge in [-0.25, -0.2) is 0 Å². The number of nitrogens with zero attached hydrogens (tertiary/aromatic N) is 2. The van der Waals surface area contributed by atoms with Crippen molar-refractivity contribution >= 4 is 11.5 Å². The first-order chi connectivity index (χ1) is 9.02. The van der Waals surface area contributed by atoms with Crippen LogP contribution in [-0.2, 0) is 0 Å². The van der Waals surface area contributed by atoms with E-state index < -0.39 is 0 Å². The highest BCUT2D eigenvalue weighted by atomic mass is 16.1. The number of Topliss-reactive ketones (excluding diaryl/α,β-unsaturated/α-hetero) is 1. The Labute approximate surface area is 115 Å². The van der Waals surface area contributed by atoms with Crippen LogP contribution in [0.1, 0.15) is 24.2 Å². The number of benzene rings is 1. The second-order valence-corrected chi connectivity index (χ2v) is 5.42. The Hall–Kier alpha value is -1.39. The highest BCUT2D eigenvalue weighted by Crippen LogP contribution is 2.22. The van der Waals surface area contributed by atoms with Gasteiger partial charge >= 0.3 is 0 Å². The number of hydrogen-bond donors (Lipinski definition) is 1. The molecule has 1 fully saturated rings. The lowest BCUT2D eigenvalue weighted by molar-refractivity contribution is 0.101. The summed E-state index contributed by atoms with van der Waals surface area (Å²) < 4.78 is 0. The summed E-state index contributed by atoms with van der Waals surface area (Å²) in [6, 6.07) is 8.69. The molecule has 0 spiro atoms. The number of piperazine rings is 1. The molecule has 2 N–H and O–H groups in total. The fourth-order valence-corrected chi connectivity index (χ4v) is 2.64. The van der Waals surface area contributed by atoms with E-state index in [0.717, 1.165) is 24.3 Å². The van der Waals surface area contributed by atoms with E-state index in [0.29, 0.717) is 18.6 Å². The number of carbonyl (C=O) groups excluding carboxylic acids is 1. The Balaban J connectivity index is 2.22. The molecule has 1 saturated heterocycles. The molecule has 0 bridgehead atoms. The summed E-state index contributed by atoms with van der Waals surface area (Å²) in [4.78, 5) is 16.1. The Bertz CT molecular complexity index is 460. The van der Waals surface area contributed by atoms with Gasteiger partial charge in [0.05, 0.1) is 0 Å². The third-order valence-electron chi connectivity index (χ3n) is 4.08. The predicted molar refractivity (Wildman–Crippen MR) is 78.7 cm³/mol. The first-order valence-corrected chi connectivity index (χ1v) is 6.81. The first kappa shape index (κ1) is 14.0. The number of nitrogens with two attached hydrogens (primary N) is 1. The van der Waals surface area contributed by atoms with Crippen molar-refractivity contribution in [1.29, 1.82) is 0 Å². The maximum absolute atomic E-state index is 11.5. The average molecular weight is 261 g/mol. The second-order valence-electron chi connectivity index (χ2n) is 5.42. The van der Waals surface area contributed by atoms with Crippen LogP contribution in [0.2, 0.25) is 0 Å². The molecule has 1 aliphatic rings. The van der Waals surface area contributed by atoms with Gasteiger partial charge in [0.15, 0.2) is 5.78 Å². The number of ketones is 1. The lowest BCUT2D eigenvalue weighted by Gasteiger charge is -2.44. The van der Waals surface area contributed by atoms with Gasteiger partial charge in [0.2, 0.25) is 0 Å². The van der Waals surface area contributed by atoms with E-state index in [1.165, 1.54) is 0 Å². The van der Waals surface area contributed by atoms with Gasteiger partial charge < -0.3 is 10.6 Å². The molecule has 2 rings (SSSR count). The molecular weight excluding hydrogens is 238 g/mol. The summed E-state index contributed by atoms with van der Waals surface area (Å²) in [5.74, 6) is 0.111. The molecule has 0 aliphatic carbocycles. The summed E-state index contributed by atoms with van der Waals surface area (Å²) in [6.07, 6.45) is 0. The molecule has 4 heteroatoms. The molecule has 2 atom stereocenters. The Morgan fingerprint density at radius 1 is 1.42 bits per heavy atom. The van der Waals surface area contributed by atoms with E-state index in [1.807, 2.05) is 18.2 Å². The zero-order valence-corrected chi connectivity index (χ0v) is 12.0. The smallest absolute Gasteiger partial charge is 0.159 e. The minimum atomic E-state index is 0.111. The van der Waals surface area contributed by atoms with Gasteiger partial charge in [-0.1, -0.05) is 12.1 Å². The van der Waals surface area contributed by atoms with E-state index >= 15 is 0 Å². The van der Waals surface area contributed by atoms with Crippen LogP contribution in [-0.4, -0.2) is 49.4 Å². The molecule has 1 aromatic rings. The van der Waals surface area contributed by atoms with Crippen molar-refractivity contribution in [2.24, 2.45) is 5.73 Å². The predicted octanol–water partition coefficient (Wildman–Crippen LogP) is 1.36. The third-order valence-corrected chi connectivity index (χ3v) is 4.08. The molecule has 0 amide bonds. The van der Waals surface area contributed by atoms with Crippen LogP contribution < -0.4 is 10.6 Å². The number of carbonyl (C=O) groups is 1. The van der Waals surface area contributed by atoms with Crippen molar-refractivity contribution < 1.29 is 4.79 Å². The topological polar surface area (TPSA) is 49.6 Å². The van der Waals surface area contributed by atoms with Gasteiger partial charge in [0.1, 0.15) is 0 Å². The van der Waals surface area contributed by atoms with Crippen molar-refractivity contribution in [2.45, 2.75) is 25.9 Å². The third kappa shape index (κ3) is 2.96. The zero-order valence-electron chi connectivity index (χ0n) is 12.0. The normalized spacial score (nSPS) is 24.5. The van der Waals surface area contributed by atoms with Crippen molar-refractivity contribution in [2.75, 3.05) is 31.6 Å². The van der Waals surface area contributed by atoms with Crippen LogP contribution in [0.25, 0.3) is 0 Å². The molecule has 1 heterocycles. The second kappa shape index (κ2) is 5.72. The van der Waals surface area contributed by atoms with E-state index in [2.05, 4.69) is 29.8 Å². The van der Waals surface area contributed by atoms with Crippen molar-refractivity contribution in [3.8, 4) is 0 Å². The van der Waals surface area contributed by atoms with Gasteiger partial charge in [-0.3, -0.25) is 9.69 Å². The minimum absolute atomic E-state index is 0.111. The van der Waals surface area contributed by atoms with E-state index in [-0.39, 0.29) is 5.78 Å². The Morgan fingerprint density at radius 3 is 2.79 bits per heavy atom. The average Bonchev–Trinajstić information content (AvgIpc) is 2.41. The molecule has 2 unspecified atom stereocenters. The summed E-state index contributed by atoms with van der Waals surface area (Å²) in [6.45, 7) is 6.36. The Kier molecular flexibility index (Phi) is 4.22. The SMILES string of the molecule is CC(=O)c1cccc(N2CC(C)N(C)C(CN)C2)c1. The fourth-order valence-electron chi connectivity index (χ4n) is 2.64. The first-order valence-electron chi connectivity index (χ1n) is 6.81. The largest absolute Gasteiger partial charge is 0.368 e. The van der Waals surface area contributed by atoms with E-state index in [1.54, 1.807) is 6.92 Å². The number of rotatable bonds is 3. The van der Waals surface area contributed by atoms with Gasteiger partial charge in [-0.05, 0) is 33.0 Å². The maximum atomic E-state index is 11.5. The molecule has 4 nitrogen and oxygen atoms in total.